The van der Waals surface area contributed by atoms with Gasteiger partial charge in [0.25, 0.3) is 0 Å². The van der Waals surface area contributed by atoms with Crippen molar-refractivity contribution in [3.05, 3.63) is 72.9 Å². The van der Waals surface area contributed by atoms with Gasteiger partial charge in [-0.1, -0.05) is 306 Å². The highest BCUT2D eigenvalue weighted by atomic mass is 16.6. The smallest absolute Gasteiger partial charge is 0.306 e. The lowest BCUT2D eigenvalue weighted by atomic mass is 10.0. The average Bonchev–Trinajstić information content (AvgIpc) is 3.40. The fraction of sp³-hybridized carbons (Fsp3) is 0.779. The Morgan fingerprint density at radius 2 is 0.527 bits per heavy atom. The maximum atomic E-state index is 12.8. The van der Waals surface area contributed by atoms with Gasteiger partial charge in [0.1, 0.15) is 13.2 Å². The summed E-state index contributed by atoms with van der Waals surface area (Å²) in [6, 6.07) is 0. The quantitative estimate of drug-likeness (QED) is 0.0261. The van der Waals surface area contributed by atoms with Crippen molar-refractivity contribution in [2.24, 2.45) is 0 Å². The maximum absolute atomic E-state index is 12.8. The third-order valence-corrected chi connectivity index (χ3v) is 14.0. The van der Waals surface area contributed by atoms with Crippen LogP contribution in [0.2, 0.25) is 0 Å². The molecule has 6 heteroatoms. The summed E-state index contributed by atoms with van der Waals surface area (Å²) in [5.41, 5.74) is 0. The summed E-state index contributed by atoms with van der Waals surface area (Å²) in [6.45, 7) is 6.49. The monoisotopic (exact) mass is 1030 g/mol. The van der Waals surface area contributed by atoms with Crippen LogP contribution in [0.5, 0.6) is 0 Å². The number of hydrogen-bond donors (Lipinski definition) is 0. The summed E-state index contributed by atoms with van der Waals surface area (Å²) in [7, 11) is 0. The zero-order valence-electron chi connectivity index (χ0n) is 49.1. The third-order valence-electron chi connectivity index (χ3n) is 14.0. The van der Waals surface area contributed by atoms with Gasteiger partial charge in [0, 0.05) is 19.3 Å². The third kappa shape index (κ3) is 59.7. The molecule has 0 aromatic rings. The predicted molar refractivity (Wildman–Crippen MR) is 321 cm³/mol. The predicted octanol–water partition coefficient (Wildman–Crippen LogP) is 21.7. The van der Waals surface area contributed by atoms with Crippen molar-refractivity contribution in [3.63, 3.8) is 0 Å². The molecular formula is C68H120O6. The number of carbonyl (C=O) groups is 3. The minimum absolute atomic E-state index is 0.0776. The highest BCUT2D eigenvalue weighted by Gasteiger charge is 2.19. The zero-order valence-corrected chi connectivity index (χ0v) is 49.1. The van der Waals surface area contributed by atoms with E-state index in [-0.39, 0.29) is 31.1 Å². The van der Waals surface area contributed by atoms with Crippen LogP contribution in [0.3, 0.4) is 0 Å². The first-order valence-electron chi connectivity index (χ1n) is 31.9. The average molecular weight is 1030 g/mol. The molecule has 0 aliphatic carbocycles. The van der Waals surface area contributed by atoms with E-state index in [1.54, 1.807) is 0 Å². The first kappa shape index (κ1) is 70.8. The van der Waals surface area contributed by atoms with Crippen LogP contribution in [0.1, 0.15) is 323 Å². The van der Waals surface area contributed by atoms with E-state index in [1.165, 1.54) is 180 Å². The molecule has 0 aliphatic heterocycles. The van der Waals surface area contributed by atoms with E-state index in [0.29, 0.717) is 19.3 Å². The Morgan fingerprint density at radius 1 is 0.284 bits per heavy atom. The summed E-state index contributed by atoms with van der Waals surface area (Å²) in [5, 5.41) is 0. The molecular weight excluding hydrogens is 913 g/mol. The normalized spacial score (nSPS) is 12.5. The lowest BCUT2D eigenvalue weighted by Gasteiger charge is -2.18. The molecule has 0 fully saturated rings. The summed E-state index contributed by atoms with van der Waals surface area (Å²) in [4.78, 5) is 38.0. The van der Waals surface area contributed by atoms with E-state index >= 15 is 0 Å². The van der Waals surface area contributed by atoms with E-state index in [1.807, 2.05) is 0 Å². The maximum Gasteiger partial charge on any atom is 0.306 e. The minimum atomic E-state index is -0.777. The molecule has 0 aromatic carbocycles. The van der Waals surface area contributed by atoms with Crippen LogP contribution in [-0.2, 0) is 28.6 Å². The second kappa shape index (κ2) is 62.4. The molecule has 0 spiro atoms. The Labute approximate surface area is 459 Å². The number of allylic oxidation sites excluding steroid dienone is 12. The molecule has 0 bridgehead atoms. The van der Waals surface area contributed by atoms with Crippen molar-refractivity contribution in [1.29, 1.82) is 0 Å². The molecule has 0 radical (unpaired) electrons. The Balaban J connectivity index is 4.10. The molecule has 0 rings (SSSR count). The largest absolute Gasteiger partial charge is 0.462 e. The van der Waals surface area contributed by atoms with Gasteiger partial charge in [0.2, 0.25) is 0 Å². The van der Waals surface area contributed by atoms with Crippen molar-refractivity contribution in [2.75, 3.05) is 13.2 Å². The summed E-state index contributed by atoms with van der Waals surface area (Å²) < 4.78 is 16.8. The SMILES string of the molecule is CC/C=C\C/C=C\C/C=C\C/C=C\C/C=C\C/C=C\CCCCCCCCC(=O)OCC(COC(=O)CCCCCCCC)OC(=O)CCCCCCCCCCCCCCCCCCCCCCCCCCC. The van der Waals surface area contributed by atoms with Gasteiger partial charge in [-0.25, -0.2) is 0 Å². The van der Waals surface area contributed by atoms with Crippen LogP contribution >= 0.6 is 0 Å². The first-order valence-corrected chi connectivity index (χ1v) is 31.9. The van der Waals surface area contributed by atoms with E-state index in [0.717, 1.165) is 103 Å². The van der Waals surface area contributed by atoms with Gasteiger partial charge in [-0.3, -0.25) is 14.4 Å². The summed E-state index contributed by atoms with van der Waals surface area (Å²) in [5.74, 6) is -0.888. The molecule has 0 aliphatic rings. The molecule has 1 unspecified atom stereocenters. The lowest BCUT2D eigenvalue weighted by molar-refractivity contribution is -0.167. The highest BCUT2D eigenvalue weighted by molar-refractivity contribution is 5.71. The fourth-order valence-electron chi connectivity index (χ4n) is 9.21. The Bertz CT molecular complexity index is 1370. The van der Waals surface area contributed by atoms with E-state index in [9.17, 15) is 14.4 Å². The van der Waals surface area contributed by atoms with Crippen LogP contribution < -0.4 is 0 Å². The van der Waals surface area contributed by atoms with Gasteiger partial charge in [-0.2, -0.15) is 0 Å². The van der Waals surface area contributed by atoms with Gasteiger partial charge in [-0.15, -0.1) is 0 Å². The second-order valence-electron chi connectivity index (χ2n) is 21.3. The molecule has 0 heterocycles. The molecule has 6 nitrogen and oxygen atoms in total. The van der Waals surface area contributed by atoms with Crippen molar-refractivity contribution in [3.8, 4) is 0 Å². The highest BCUT2D eigenvalue weighted by Crippen LogP contribution is 2.17. The molecule has 0 N–H and O–H groups in total. The van der Waals surface area contributed by atoms with Gasteiger partial charge in [0.05, 0.1) is 0 Å². The van der Waals surface area contributed by atoms with Gasteiger partial charge < -0.3 is 14.2 Å². The standard InChI is InChI=1S/C68H120O6/c1-4-7-10-13-16-18-20-22-24-26-28-30-32-34-36-38-40-42-44-46-48-50-52-55-58-61-67(70)73-64-65(63-72-66(69)60-57-54-15-12-9-6-3)74-68(71)62-59-56-53-51-49-47-45-43-41-39-37-35-33-31-29-27-25-23-21-19-17-14-11-8-5-2/h7,10,16,18,22,24,28,30,34,36,40,42,65H,4-6,8-9,11-15,17,19-21,23,25-27,29,31-33,35,37-39,41,43-64H2,1-3H3/b10-7-,18-16-,24-22-,30-28-,36-34-,42-40-. The molecule has 0 amide bonds. The minimum Gasteiger partial charge on any atom is -0.462 e. The number of hydrogen-bond acceptors (Lipinski definition) is 6. The summed E-state index contributed by atoms with van der Waals surface area (Å²) >= 11 is 0. The molecule has 0 aromatic heterocycles. The summed E-state index contributed by atoms with van der Waals surface area (Å²) in [6.07, 6.45) is 80.9. The van der Waals surface area contributed by atoms with Crippen molar-refractivity contribution >= 4 is 17.9 Å². The topological polar surface area (TPSA) is 78.9 Å². The van der Waals surface area contributed by atoms with Crippen molar-refractivity contribution < 1.29 is 28.6 Å². The first-order chi connectivity index (χ1) is 36.5. The van der Waals surface area contributed by atoms with Crippen molar-refractivity contribution in [2.45, 2.75) is 329 Å². The Kier molecular flexibility index (Phi) is 59.7. The van der Waals surface area contributed by atoms with Crippen molar-refractivity contribution in [1.82, 2.24) is 0 Å². The lowest BCUT2D eigenvalue weighted by Crippen LogP contribution is -2.30. The molecule has 428 valence electrons. The second-order valence-corrected chi connectivity index (χ2v) is 21.3. The van der Waals surface area contributed by atoms with Crippen LogP contribution in [0.15, 0.2) is 72.9 Å². The molecule has 1 atom stereocenters. The Morgan fingerprint density at radius 3 is 0.824 bits per heavy atom. The number of carbonyl (C=O) groups excluding carboxylic acids is 3. The fourth-order valence-corrected chi connectivity index (χ4v) is 9.21. The molecule has 0 saturated carbocycles. The van der Waals surface area contributed by atoms with Crippen LogP contribution in [0.25, 0.3) is 0 Å². The van der Waals surface area contributed by atoms with Crippen LogP contribution in [-0.4, -0.2) is 37.2 Å². The Hall–Kier alpha value is -3.15. The van der Waals surface area contributed by atoms with E-state index < -0.39 is 6.10 Å². The number of rotatable bonds is 58. The van der Waals surface area contributed by atoms with Gasteiger partial charge in [0.15, 0.2) is 6.10 Å². The van der Waals surface area contributed by atoms with Gasteiger partial charge in [-0.05, 0) is 70.6 Å². The van der Waals surface area contributed by atoms with Gasteiger partial charge >= 0.3 is 17.9 Å². The number of esters is 3. The van der Waals surface area contributed by atoms with Crippen LogP contribution in [0.4, 0.5) is 0 Å². The van der Waals surface area contributed by atoms with E-state index in [4.69, 9.17) is 14.2 Å². The zero-order chi connectivity index (χ0) is 53.6. The molecule has 0 saturated heterocycles. The van der Waals surface area contributed by atoms with Crippen LogP contribution in [0, 0.1) is 0 Å². The number of unbranched alkanes of at least 4 members (excludes halogenated alkanes) is 35. The molecule has 74 heavy (non-hydrogen) atoms. The van der Waals surface area contributed by atoms with E-state index in [2.05, 4.69) is 93.7 Å². The number of ether oxygens (including phenoxy) is 3.